The van der Waals surface area contributed by atoms with Gasteiger partial charge in [-0.15, -0.1) is 0 Å². The molecule has 6 nitrogen and oxygen atoms in total. The smallest absolute Gasteiger partial charge is 0.276 e. The van der Waals surface area contributed by atoms with Crippen LogP contribution in [0.2, 0.25) is 0 Å². The molecule has 0 bridgehead atoms. The number of hydrogen-bond acceptors (Lipinski definition) is 5. The second kappa shape index (κ2) is 7.56. The van der Waals surface area contributed by atoms with Crippen LogP contribution >= 0.6 is 0 Å². The molecule has 0 amide bonds. The van der Waals surface area contributed by atoms with Crippen LogP contribution in [0.1, 0.15) is 46.0 Å². The molecule has 1 aromatic rings. The van der Waals surface area contributed by atoms with Crippen molar-refractivity contribution < 1.29 is 4.92 Å². The van der Waals surface area contributed by atoms with E-state index < -0.39 is 4.92 Å². The summed E-state index contributed by atoms with van der Waals surface area (Å²) in [7, 11) is 0. The molecule has 1 rings (SSSR count). The Labute approximate surface area is 113 Å². The normalized spacial score (nSPS) is 12.1. The molecule has 1 unspecified atom stereocenters. The first-order valence-corrected chi connectivity index (χ1v) is 6.75. The van der Waals surface area contributed by atoms with Crippen LogP contribution in [-0.4, -0.2) is 15.9 Å². The lowest BCUT2D eigenvalue weighted by molar-refractivity contribution is -0.384. The summed E-state index contributed by atoms with van der Waals surface area (Å²) in [5.74, 6) is 0.656. The molecule has 106 valence electrons. The zero-order chi connectivity index (χ0) is 14.3. The summed E-state index contributed by atoms with van der Waals surface area (Å²) in [6.45, 7) is 4.27. The SMILES string of the molecule is CCCCC(CCC)Nc1cc([N+](=O)[O-])cc(N)n1. The minimum Gasteiger partial charge on any atom is -0.383 e. The number of nitrogens with one attached hydrogen (secondary N) is 1. The summed E-state index contributed by atoms with van der Waals surface area (Å²) in [6.07, 6.45) is 5.37. The molecule has 3 N–H and O–H groups in total. The van der Waals surface area contributed by atoms with Gasteiger partial charge in [-0.1, -0.05) is 33.1 Å². The minimum atomic E-state index is -0.454. The molecule has 19 heavy (non-hydrogen) atoms. The second-order valence-corrected chi connectivity index (χ2v) is 4.66. The minimum absolute atomic E-state index is 0.0271. The van der Waals surface area contributed by atoms with E-state index in [2.05, 4.69) is 24.1 Å². The van der Waals surface area contributed by atoms with Gasteiger partial charge in [0, 0.05) is 6.04 Å². The molecule has 0 radical (unpaired) electrons. The van der Waals surface area contributed by atoms with Gasteiger partial charge in [0.25, 0.3) is 5.69 Å². The second-order valence-electron chi connectivity index (χ2n) is 4.66. The fourth-order valence-corrected chi connectivity index (χ4v) is 2.01. The number of aromatic nitrogens is 1. The Balaban J connectivity index is 2.79. The Morgan fingerprint density at radius 3 is 2.68 bits per heavy atom. The van der Waals surface area contributed by atoms with Crippen molar-refractivity contribution in [2.24, 2.45) is 0 Å². The van der Waals surface area contributed by atoms with Crippen LogP contribution < -0.4 is 11.1 Å². The van der Waals surface area contributed by atoms with E-state index in [4.69, 9.17) is 5.73 Å². The first-order valence-electron chi connectivity index (χ1n) is 6.75. The van der Waals surface area contributed by atoms with E-state index in [1.807, 2.05) is 0 Å². The number of rotatable bonds is 8. The Kier molecular flexibility index (Phi) is 6.05. The van der Waals surface area contributed by atoms with Gasteiger partial charge in [0.2, 0.25) is 0 Å². The zero-order valence-electron chi connectivity index (χ0n) is 11.6. The highest BCUT2D eigenvalue weighted by Crippen LogP contribution is 2.21. The molecular weight excluding hydrogens is 244 g/mol. The van der Waals surface area contributed by atoms with Gasteiger partial charge in [0.05, 0.1) is 17.1 Å². The first kappa shape index (κ1) is 15.2. The lowest BCUT2D eigenvalue weighted by atomic mass is 10.1. The molecule has 0 fully saturated rings. The largest absolute Gasteiger partial charge is 0.383 e. The van der Waals surface area contributed by atoms with Crippen molar-refractivity contribution in [3.8, 4) is 0 Å². The molecule has 0 aliphatic heterocycles. The number of nitrogens with zero attached hydrogens (tertiary/aromatic N) is 2. The van der Waals surface area contributed by atoms with E-state index in [1.165, 1.54) is 12.1 Å². The van der Waals surface area contributed by atoms with Gasteiger partial charge in [-0.25, -0.2) is 4.98 Å². The summed E-state index contributed by atoms with van der Waals surface area (Å²) in [6, 6.07) is 3.00. The van der Waals surface area contributed by atoms with Gasteiger partial charge in [0.15, 0.2) is 0 Å². The number of pyridine rings is 1. The maximum Gasteiger partial charge on any atom is 0.276 e. The third-order valence-electron chi connectivity index (χ3n) is 2.94. The molecule has 1 aromatic heterocycles. The summed E-state index contributed by atoms with van der Waals surface area (Å²) in [4.78, 5) is 14.4. The highest BCUT2D eigenvalue weighted by Gasteiger charge is 2.13. The molecular formula is C13H22N4O2. The Bertz CT molecular complexity index is 423. The van der Waals surface area contributed by atoms with Crippen LogP contribution in [0.5, 0.6) is 0 Å². The Morgan fingerprint density at radius 2 is 2.11 bits per heavy atom. The lowest BCUT2D eigenvalue weighted by Gasteiger charge is -2.18. The molecule has 1 atom stereocenters. The van der Waals surface area contributed by atoms with Gasteiger partial charge in [0.1, 0.15) is 11.6 Å². The van der Waals surface area contributed by atoms with E-state index in [1.54, 1.807) is 0 Å². The third-order valence-corrected chi connectivity index (χ3v) is 2.94. The highest BCUT2D eigenvalue weighted by atomic mass is 16.6. The van der Waals surface area contributed by atoms with E-state index in [9.17, 15) is 10.1 Å². The monoisotopic (exact) mass is 266 g/mol. The van der Waals surface area contributed by atoms with E-state index in [0.717, 1.165) is 32.1 Å². The predicted molar refractivity (Wildman–Crippen MR) is 77.1 cm³/mol. The van der Waals surface area contributed by atoms with Crippen molar-refractivity contribution in [2.45, 2.75) is 52.0 Å². The molecule has 0 saturated heterocycles. The first-order chi connectivity index (χ1) is 9.06. The maximum absolute atomic E-state index is 10.8. The van der Waals surface area contributed by atoms with Crippen LogP contribution in [0.3, 0.4) is 0 Å². The molecule has 0 aliphatic carbocycles. The van der Waals surface area contributed by atoms with E-state index in [0.29, 0.717) is 11.9 Å². The summed E-state index contributed by atoms with van der Waals surface area (Å²) in [5, 5.41) is 14.0. The molecule has 0 aliphatic rings. The van der Waals surface area contributed by atoms with Gasteiger partial charge in [-0.3, -0.25) is 10.1 Å². The van der Waals surface area contributed by atoms with Crippen molar-refractivity contribution in [1.29, 1.82) is 0 Å². The van der Waals surface area contributed by atoms with Crippen molar-refractivity contribution in [3.63, 3.8) is 0 Å². The Morgan fingerprint density at radius 1 is 1.37 bits per heavy atom. The zero-order valence-corrected chi connectivity index (χ0v) is 11.6. The van der Waals surface area contributed by atoms with Crippen LogP contribution in [0, 0.1) is 10.1 Å². The van der Waals surface area contributed by atoms with Crippen molar-refractivity contribution in [3.05, 3.63) is 22.2 Å². The quantitative estimate of drug-likeness (QED) is 0.556. The van der Waals surface area contributed by atoms with E-state index >= 15 is 0 Å². The number of hydrogen-bond donors (Lipinski definition) is 2. The molecule has 1 heterocycles. The fraction of sp³-hybridized carbons (Fsp3) is 0.615. The van der Waals surface area contributed by atoms with Crippen LogP contribution in [-0.2, 0) is 0 Å². The lowest BCUT2D eigenvalue weighted by Crippen LogP contribution is -2.20. The number of nitrogens with two attached hydrogens (primary N) is 1. The average molecular weight is 266 g/mol. The van der Waals surface area contributed by atoms with Crippen LogP contribution in [0.4, 0.5) is 17.3 Å². The molecule has 0 aromatic carbocycles. The van der Waals surface area contributed by atoms with Crippen LogP contribution in [0.15, 0.2) is 12.1 Å². The average Bonchev–Trinajstić information content (AvgIpc) is 2.35. The van der Waals surface area contributed by atoms with Gasteiger partial charge in [-0.05, 0) is 12.8 Å². The number of nitrogen functional groups attached to an aromatic ring is 1. The molecule has 0 spiro atoms. The number of unbranched alkanes of at least 4 members (excludes halogenated alkanes) is 1. The standard InChI is InChI=1S/C13H22N4O2/c1-3-5-7-10(6-4-2)15-13-9-11(17(18)19)8-12(14)16-13/h8-10H,3-7H2,1-2H3,(H3,14,15,16). The van der Waals surface area contributed by atoms with Gasteiger partial charge in [-0.2, -0.15) is 0 Å². The summed E-state index contributed by atoms with van der Waals surface area (Å²) < 4.78 is 0. The van der Waals surface area contributed by atoms with Crippen molar-refractivity contribution >= 4 is 17.3 Å². The van der Waals surface area contributed by atoms with Gasteiger partial charge >= 0.3 is 0 Å². The van der Waals surface area contributed by atoms with Gasteiger partial charge < -0.3 is 11.1 Å². The number of anilines is 2. The van der Waals surface area contributed by atoms with Crippen molar-refractivity contribution in [2.75, 3.05) is 11.1 Å². The topological polar surface area (TPSA) is 94.1 Å². The molecule has 6 heteroatoms. The van der Waals surface area contributed by atoms with Crippen LogP contribution in [0.25, 0.3) is 0 Å². The fourth-order valence-electron chi connectivity index (χ4n) is 2.01. The predicted octanol–water partition coefficient (Wildman–Crippen LogP) is 3.34. The number of nitro groups is 1. The summed E-state index contributed by atoms with van der Waals surface area (Å²) >= 11 is 0. The van der Waals surface area contributed by atoms with E-state index in [-0.39, 0.29) is 11.5 Å². The molecule has 0 saturated carbocycles. The third kappa shape index (κ3) is 5.11. The highest BCUT2D eigenvalue weighted by molar-refractivity contribution is 5.53. The Hall–Kier alpha value is -1.85. The van der Waals surface area contributed by atoms with Crippen molar-refractivity contribution in [1.82, 2.24) is 4.98 Å². The maximum atomic E-state index is 10.8. The summed E-state index contributed by atoms with van der Waals surface area (Å²) in [5.41, 5.74) is 5.56.